The van der Waals surface area contributed by atoms with Gasteiger partial charge < -0.3 is 0 Å². The Kier molecular flexibility index (Phi) is 8.58. The number of aldehydes is 1. The second-order valence-corrected chi connectivity index (χ2v) is 2.60. The topological polar surface area (TPSA) is 17.1 Å². The minimum Gasteiger partial charge on any atom is -0.289 e. The Balaban J connectivity index is 2.96. The van der Waals surface area contributed by atoms with Crippen LogP contribution in [0.25, 0.3) is 0 Å². The Hall–Kier alpha value is -0.770. The van der Waals surface area contributed by atoms with Crippen molar-refractivity contribution in [3.63, 3.8) is 0 Å². The predicted octanol–water partition coefficient (Wildman–Crippen LogP) is 2.55. The van der Waals surface area contributed by atoms with E-state index < -0.39 is 0 Å². The molecule has 0 heterocycles. The first-order valence-corrected chi connectivity index (χ1v) is 4.34. The molecule has 0 saturated carbocycles. The molecule has 0 aromatic carbocycles. The van der Waals surface area contributed by atoms with Crippen LogP contribution in [0.15, 0.2) is 0 Å². The second kappa shape index (κ2) is 9.23. The first-order chi connectivity index (χ1) is 5.41. The minimum atomic E-state index is 0.659. The lowest BCUT2D eigenvalue weighted by Gasteiger charge is -1.93. The van der Waals surface area contributed by atoms with Gasteiger partial charge in [0.2, 0.25) is 0 Å². The molecule has 1 nitrogen and oxygen atoms in total. The first kappa shape index (κ1) is 10.2. The van der Waals surface area contributed by atoms with Crippen molar-refractivity contribution in [3.8, 4) is 11.8 Å². The smallest absolute Gasteiger partial charge is 0.192 e. The average molecular weight is 152 g/mol. The van der Waals surface area contributed by atoms with Gasteiger partial charge in [0.25, 0.3) is 0 Å². The molecule has 0 aliphatic carbocycles. The standard InChI is InChI=1S/C10H16O/c1-2-3-4-5-6-7-8-9-10-11/h10H,2-7H2,1H3. The molecule has 0 unspecified atom stereocenters. The predicted molar refractivity (Wildman–Crippen MR) is 47.2 cm³/mol. The molecule has 0 aliphatic rings. The molecule has 0 aromatic rings. The summed E-state index contributed by atoms with van der Waals surface area (Å²) < 4.78 is 0. The van der Waals surface area contributed by atoms with Crippen LogP contribution in [0.4, 0.5) is 0 Å². The van der Waals surface area contributed by atoms with Crippen molar-refractivity contribution in [1.29, 1.82) is 0 Å². The van der Waals surface area contributed by atoms with Gasteiger partial charge in [0, 0.05) is 6.42 Å². The molecule has 0 bridgehead atoms. The van der Waals surface area contributed by atoms with Gasteiger partial charge in [0.05, 0.1) is 0 Å². The number of hydrogen-bond acceptors (Lipinski definition) is 1. The van der Waals surface area contributed by atoms with E-state index in [-0.39, 0.29) is 0 Å². The molecule has 62 valence electrons. The summed E-state index contributed by atoms with van der Waals surface area (Å²) in [5.41, 5.74) is 0. The molecule has 0 fully saturated rings. The van der Waals surface area contributed by atoms with Gasteiger partial charge >= 0.3 is 0 Å². The molecule has 0 rings (SSSR count). The van der Waals surface area contributed by atoms with Crippen LogP contribution in [0.5, 0.6) is 0 Å². The lowest BCUT2D eigenvalue weighted by atomic mass is 10.1. The highest BCUT2D eigenvalue weighted by atomic mass is 16.1. The number of carbonyl (C=O) groups excluding carboxylic acids is 1. The maximum atomic E-state index is 9.77. The van der Waals surface area contributed by atoms with Crippen LogP contribution in [-0.4, -0.2) is 6.29 Å². The Morgan fingerprint density at radius 3 is 2.55 bits per heavy atom. The molecule has 0 atom stereocenters. The highest BCUT2D eigenvalue weighted by Crippen LogP contribution is 2.03. The first-order valence-electron chi connectivity index (χ1n) is 4.34. The summed E-state index contributed by atoms with van der Waals surface area (Å²) in [4.78, 5) is 9.77. The third-order valence-corrected chi connectivity index (χ3v) is 1.57. The average Bonchev–Trinajstić information content (AvgIpc) is 2.03. The number of rotatable bonds is 5. The van der Waals surface area contributed by atoms with E-state index in [9.17, 15) is 4.79 Å². The van der Waals surface area contributed by atoms with E-state index >= 15 is 0 Å². The third kappa shape index (κ3) is 9.23. The van der Waals surface area contributed by atoms with Gasteiger partial charge in [-0.25, -0.2) is 0 Å². The molecule has 1 heteroatoms. The molecule has 0 saturated heterocycles. The number of hydrogen-bond donors (Lipinski definition) is 0. The zero-order valence-electron chi connectivity index (χ0n) is 7.23. The van der Waals surface area contributed by atoms with E-state index in [0.29, 0.717) is 6.29 Å². The quantitative estimate of drug-likeness (QED) is 0.336. The van der Waals surface area contributed by atoms with Crippen LogP contribution in [-0.2, 0) is 4.79 Å². The summed E-state index contributed by atoms with van der Waals surface area (Å²) >= 11 is 0. The molecule has 0 aromatic heterocycles. The molecule has 0 radical (unpaired) electrons. The summed E-state index contributed by atoms with van der Waals surface area (Å²) in [5.74, 6) is 5.20. The van der Waals surface area contributed by atoms with Crippen LogP contribution in [0.3, 0.4) is 0 Å². The normalized spacial score (nSPS) is 8.45. The highest BCUT2D eigenvalue weighted by molar-refractivity contribution is 5.72. The SMILES string of the molecule is CCCCCCCC#CC=O. The van der Waals surface area contributed by atoms with E-state index in [4.69, 9.17) is 0 Å². The monoisotopic (exact) mass is 152 g/mol. The van der Waals surface area contributed by atoms with E-state index in [1.165, 1.54) is 25.7 Å². The molecular weight excluding hydrogens is 136 g/mol. The Morgan fingerprint density at radius 1 is 1.18 bits per heavy atom. The van der Waals surface area contributed by atoms with Crippen molar-refractivity contribution in [2.45, 2.75) is 45.4 Å². The second-order valence-electron chi connectivity index (χ2n) is 2.60. The molecule has 0 amide bonds. The van der Waals surface area contributed by atoms with Gasteiger partial charge in [-0.15, -0.1) is 0 Å². The number of unbranched alkanes of at least 4 members (excludes halogenated alkanes) is 5. The van der Waals surface area contributed by atoms with E-state index in [1.54, 1.807) is 0 Å². The van der Waals surface area contributed by atoms with Crippen molar-refractivity contribution >= 4 is 6.29 Å². The van der Waals surface area contributed by atoms with E-state index in [0.717, 1.165) is 12.8 Å². The molecule has 11 heavy (non-hydrogen) atoms. The zero-order chi connectivity index (χ0) is 8.36. The van der Waals surface area contributed by atoms with Gasteiger partial charge in [0.1, 0.15) is 0 Å². The minimum absolute atomic E-state index is 0.659. The Labute approximate surface area is 69.2 Å². The van der Waals surface area contributed by atoms with Crippen molar-refractivity contribution in [2.75, 3.05) is 0 Å². The Morgan fingerprint density at radius 2 is 1.91 bits per heavy atom. The summed E-state index contributed by atoms with van der Waals surface area (Å²) in [6, 6.07) is 0. The summed E-state index contributed by atoms with van der Waals surface area (Å²) in [6.45, 7) is 2.20. The lowest BCUT2D eigenvalue weighted by Crippen LogP contribution is -1.76. The van der Waals surface area contributed by atoms with Crippen LogP contribution in [0.2, 0.25) is 0 Å². The maximum Gasteiger partial charge on any atom is 0.192 e. The third-order valence-electron chi connectivity index (χ3n) is 1.57. The molecule has 0 aliphatic heterocycles. The van der Waals surface area contributed by atoms with Crippen LogP contribution >= 0.6 is 0 Å². The van der Waals surface area contributed by atoms with Crippen LogP contribution in [0, 0.1) is 11.8 Å². The van der Waals surface area contributed by atoms with Crippen LogP contribution in [0.1, 0.15) is 45.4 Å². The van der Waals surface area contributed by atoms with Gasteiger partial charge in [-0.1, -0.05) is 38.5 Å². The zero-order valence-corrected chi connectivity index (χ0v) is 7.23. The van der Waals surface area contributed by atoms with Crippen molar-refractivity contribution in [2.24, 2.45) is 0 Å². The molecule has 0 N–H and O–H groups in total. The van der Waals surface area contributed by atoms with Crippen molar-refractivity contribution in [1.82, 2.24) is 0 Å². The summed E-state index contributed by atoms with van der Waals surface area (Å²) in [6.07, 6.45) is 7.83. The lowest BCUT2D eigenvalue weighted by molar-refractivity contribution is -0.103. The Bertz CT molecular complexity index is 139. The highest BCUT2D eigenvalue weighted by Gasteiger charge is 1.85. The van der Waals surface area contributed by atoms with Crippen molar-refractivity contribution in [3.05, 3.63) is 0 Å². The van der Waals surface area contributed by atoms with Gasteiger partial charge in [-0.2, -0.15) is 0 Å². The summed E-state index contributed by atoms with van der Waals surface area (Å²) in [5, 5.41) is 0. The summed E-state index contributed by atoms with van der Waals surface area (Å²) in [7, 11) is 0. The van der Waals surface area contributed by atoms with Crippen LogP contribution < -0.4 is 0 Å². The van der Waals surface area contributed by atoms with E-state index in [2.05, 4.69) is 18.8 Å². The molecule has 0 spiro atoms. The fourth-order valence-corrected chi connectivity index (χ4v) is 0.931. The van der Waals surface area contributed by atoms with Gasteiger partial charge in [-0.05, 0) is 12.3 Å². The fourth-order valence-electron chi connectivity index (χ4n) is 0.931. The fraction of sp³-hybridized carbons (Fsp3) is 0.700. The van der Waals surface area contributed by atoms with Gasteiger partial charge in [-0.3, -0.25) is 4.79 Å². The van der Waals surface area contributed by atoms with Gasteiger partial charge in [0.15, 0.2) is 6.29 Å². The number of carbonyl (C=O) groups is 1. The van der Waals surface area contributed by atoms with E-state index in [1.807, 2.05) is 0 Å². The van der Waals surface area contributed by atoms with Crippen molar-refractivity contribution < 1.29 is 4.79 Å². The largest absolute Gasteiger partial charge is 0.289 e. The maximum absolute atomic E-state index is 9.77. The molecular formula is C10H16O.